The zero-order valence-electron chi connectivity index (χ0n) is 10.9. The summed E-state index contributed by atoms with van der Waals surface area (Å²) < 4.78 is 25.8. The number of rotatable bonds is 7. The molecule has 0 amide bonds. The first-order valence-electron chi connectivity index (χ1n) is 5.81. The summed E-state index contributed by atoms with van der Waals surface area (Å²) in [5, 5.41) is 20.7. The highest BCUT2D eigenvalue weighted by atomic mass is 35.5. The quantitative estimate of drug-likeness (QED) is 0.582. The first-order valence-corrected chi connectivity index (χ1v) is 8.48. The number of nitro groups is 1. The van der Waals surface area contributed by atoms with E-state index in [1.165, 1.54) is 0 Å². The van der Waals surface area contributed by atoms with Crippen LogP contribution in [-0.4, -0.2) is 30.6 Å². The lowest BCUT2D eigenvalue weighted by atomic mass is 9.98. The van der Waals surface area contributed by atoms with Gasteiger partial charge >= 0.3 is 0 Å². The highest BCUT2D eigenvalue weighted by Gasteiger charge is 2.29. The summed E-state index contributed by atoms with van der Waals surface area (Å²) in [6.45, 7) is 3.32. The van der Waals surface area contributed by atoms with Gasteiger partial charge in [0.2, 0.25) is 10.0 Å². The molecule has 1 aromatic rings. The Bertz CT molecular complexity index is 595. The molecule has 0 saturated heterocycles. The molecule has 0 bridgehead atoms. The van der Waals surface area contributed by atoms with Gasteiger partial charge in [0.05, 0.1) is 10.5 Å². The second-order valence-corrected chi connectivity index (χ2v) is 7.89. The van der Waals surface area contributed by atoms with Crippen molar-refractivity contribution in [2.24, 2.45) is 0 Å². The molecule has 114 valence electrons. The lowest BCUT2D eigenvalue weighted by molar-refractivity contribution is -0.384. The summed E-state index contributed by atoms with van der Waals surface area (Å²) in [5.74, 6) is 0. The summed E-state index contributed by atoms with van der Waals surface area (Å²) in [6.07, 6.45) is 0.773. The van der Waals surface area contributed by atoms with Crippen LogP contribution in [0.25, 0.3) is 0 Å². The lowest BCUT2D eigenvalue weighted by Gasteiger charge is -2.24. The molecule has 10 heteroatoms. The molecule has 0 aliphatic carbocycles. The molecule has 1 aromatic heterocycles. The summed E-state index contributed by atoms with van der Waals surface area (Å²) >= 11 is 6.23. The van der Waals surface area contributed by atoms with Gasteiger partial charge in [-0.05, 0) is 12.8 Å². The van der Waals surface area contributed by atoms with Gasteiger partial charge in [0, 0.05) is 12.6 Å². The van der Waals surface area contributed by atoms with Crippen LogP contribution in [0.2, 0.25) is 4.34 Å². The summed E-state index contributed by atoms with van der Waals surface area (Å²) in [4.78, 5) is 9.90. The molecule has 20 heavy (non-hydrogen) atoms. The smallest absolute Gasteiger partial charge is 0.300 e. The van der Waals surface area contributed by atoms with E-state index in [1.807, 2.05) is 0 Å². The molecule has 1 rings (SSSR count). The Morgan fingerprint density at radius 1 is 1.50 bits per heavy atom. The van der Waals surface area contributed by atoms with Crippen molar-refractivity contribution in [3.05, 3.63) is 20.5 Å². The number of halogens is 1. The Morgan fingerprint density at radius 2 is 2.05 bits per heavy atom. The zero-order chi connectivity index (χ0) is 15.6. The van der Waals surface area contributed by atoms with E-state index in [-0.39, 0.29) is 15.1 Å². The molecule has 0 radical (unpaired) electrons. The number of nitrogens with zero attached hydrogens (tertiary/aromatic N) is 1. The average Bonchev–Trinajstić information content (AvgIpc) is 2.79. The van der Waals surface area contributed by atoms with E-state index in [1.54, 1.807) is 13.8 Å². The van der Waals surface area contributed by atoms with Crippen molar-refractivity contribution in [1.82, 2.24) is 4.72 Å². The molecule has 0 fully saturated rings. The van der Waals surface area contributed by atoms with E-state index in [9.17, 15) is 23.6 Å². The van der Waals surface area contributed by atoms with Gasteiger partial charge in [-0.3, -0.25) is 10.1 Å². The highest BCUT2D eigenvalue weighted by Crippen LogP contribution is 2.36. The Hall–Kier alpha value is -0.740. The van der Waals surface area contributed by atoms with Crippen molar-refractivity contribution in [3.8, 4) is 0 Å². The van der Waals surface area contributed by atoms with Crippen LogP contribution in [0.4, 0.5) is 5.69 Å². The number of thiophene rings is 1. The molecule has 0 saturated carbocycles. The second-order valence-electron chi connectivity index (χ2n) is 4.24. The predicted molar refractivity (Wildman–Crippen MR) is 76.7 cm³/mol. The van der Waals surface area contributed by atoms with Gasteiger partial charge in [-0.2, -0.15) is 0 Å². The Morgan fingerprint density at radius 3 is 2.45 bits per heavy atom. The Balaban J connectivity index is 2.95. The number of aliphatic hydroxyl groups is 1. The fourth-order valence-corrected chi connectivity index (χ4v) is 4.22. The fraction of sp³-hybridized carbons (Fsp3) is 0.600. The minimum absolute atomic E-state index is 0.161. The van der Waals surface area contributed by atoms with E-state index >= 15 is 0 Å². The van der Waals surface area contributed by atoms with Crippen LogP contribution in [0.5, 0.6) is 0 Å². The minimum atomic E-state index is -3.93. The molecule has 0 unspecified atom stereocenters. The maximum Gasteiger partial charge on any atom is 0.300 e. The number of hydrogen-bond acceptors (Lipinski definition) is 6. The van der Waals surface area contributed by atoms with Crippen LogP contribution in [0.3, 0.4) is 0 Å². The van der Waals surface area contributed by atoms with Crippen LogP contribution in [-0.2, 0) is 10.0 Å². The van der Waals surface area contributed by atoms with Gasteiger partial charge in [0.15, 0.2) is 4.34 Å². The molecular weight excluding hydrogens is 328 g/mol. The van der Waals surface area contributed by atoms with Crippen molar-refractivity contribution < 1.29 is 18.4 Å². The van der Waals surface area contributed by atoms with E-state index in [0.717, 1.165) is 6.07 Å². The van der Waals surface area contributed by atoms with Crippen LogP contribution in [0, 0.1) is 10.1 Å². The van der Waals surface area contributed by atoms with Crippen molar-refractivity contribution >= 4 is 38.6 Å². The van der Waals surface area contributed by atoms with Gasteiger partial charge in [0.25, 0.3) is 5.69 Å². The molecule has 0 aliphatic heterocycles. The predicted octanol–water partition coefficient (Wildman–Crippen LogP) is 2.14. The molecule has 0 aliphatic rings. The Labute approximate surface area is 125 Å². The van der Waals surface area contributed by atoms with Crippen LogP contribution < -0.4 is 4.72 Å². The number of hydrogen-bond donors (Lipinski definition) is 2. The van der Waals surface area contributed by atoms with Gasteiger partial charge < -0.3 is 5.11 Å². The number of nitrogens with one attached hydrogen (secondary N) is 1. The van der Waals surface area contributed by atoms with Crippen LogP contribution >= 0.6 is 22.9 Å². The molecule has 0 aromatic carbocycles. The third-order valence-electron chi connectivity index (χ3n) is 3.02. The monoisotopic (exact) mass is 342 g/mol. The maximum atomic E-state index is 12.0. The standard InChI is InChI=1S/C10H15ClN2O5S2/c1-3-10(14,4-2)6-12-20(17,18)8-5-7(13(15)16)9(11)19-8/h5,12,14H,3-4,6H2,1-2H3. The highest BCUT2D eigenvalue weighted by molar-refractivity contribution is 7.91. The normalized spacial score (nSPS) is 12.6. The van der Waals surface area contributed by atoms with Crippen molar-refractivity contribution in [2.75, 3.05) is 6.54 Å². The molecule has 7 nitrogen and oxygen atoms in total. The first kappa shape index (κ1) is 17.3. The fourth-order valence-electron chi connectivity index (χ4n) is 1.40. The lowest BCUT2D eigenvalue weighted by Crippen LogP contribution is -2.41. The van der Waals surface area contributed by atoms with Crippen LogP contribution in [0.15, 0.2) is 10.3 Å². The summed E-state index contributed by atoms with van der Waals surface area (Å²) in [7, 11) is -3.93. The minimum Gasteiger partial charge on any atom is -0.389 e. The molecule has 0 atom stereocenters. The van der Waals surface area contributed by atoms with Gasteiger partial charge in [-0.1, -0.05) is 25.4 Å². The zero-order valence-corrected chi connectivity index (χ0v) is 13.3. The summed E-state index contributed by atoms with van der Waals surface area (Å²) in [6, 6.07) is 0.909. The SMILES string of the molecule is CCC(O)(CC)CNS(=O)(=O)c1cc([N+](=O)[O-])c(Cl)s1. The molecule has 2 N–H and O–H groups in total. The van der Waals surface area contributed by atoms with Crippen LogP contribution in [0.1, 0.15) is 26.7 Å². The third kappa shape index (κ3) is 3.89. The van der Waals surface area contributed by atoms with Gasteiger partial charge in [-0.25, -0.2) is 13.1 Å². The molecule has 1 heterocycles. The first-order chi connectivity index (χ1) is 9.15. The van der Waals surface area contributed by atoms with E-state index in [2.05, 4.69) is 4.72 Å². The van der Waals surface area contributed by atoms with E-state index < -0.39 is 26.2 Å². The van der Waals surface area contributed by atoms with Crippen molar-refractivity contribution in [1.29, 1.82) is 0 Å². The summed E-state index contributed by atoms with van der Waals surface area (Å²) in [5.41, 5.74) is -1.58. The van der Waals surface area contributed by atoms with E-state index in [0.29, 0.717) is 24.2 Å². The van der Waals surface area contributed by atoms with E-state index in [4.69, 9.17) is 11.6 Å². The third-order valence-corrected chi connectivity index (χ3v) is 6.23. The Kier molecular flexibility index (Phi) is 5.50. The average molecular weight is 343 g/mol. The largest absolute Gasteiger partial charge is 0.389 e. The maximum absolute atomic E-state index is 12.0. The van der Waals surface area contributed by atoms with Crippen molar-refractivity contribution in [3.63, 3.8) is 0 Å². The van der Waals surface area contributed by atoms with Gasteiger partial charge in [-0.15, -0.1) is 11.3 Å². The van der Waals surface area contributed by atoms with Gasteiger partial charge in [0.1, 0.15) is 4.21 Å². The second kappa shape index (κ2) is 6.35. The molecule has 0 spiro atoms. The molecular formula is C10H15ClN2O5S2. The topological polar surface area (TPSA) is 110 Å². The number of sulfonamides is 1. The van der Waals surface area contributed by atoms with Crippen molar-refractivity contribution in [2.45, 2.75) is 36.5 Å².